The van der Waals surface area contributed by atoms with Crippen molar-refractivity contribution in [3.8, 4) is 12.3 Å². The number of Topliss-reactive ketones (excluding diaryl/α,β-unsaturated/α-hetero) is 1. The van der Waals surface area contributed by atoms with E-state index in [1.54, 1.807) is 0 Å². The highest BCUT2D eigenvalue weighted by molar-refractivity contribution is 5.96. The van der Waals surface area contributed by atoms with E-state index in [2.05, 4.69) is 73.1 Å². The standard InChI is InChI=1S/C38H68N4O/c1-7-12-15-16-21-35(20-13-8-2)33-42-26-18-17-25-40(29-30-42)27-19-22-37(39)31-36(38(43)11-5)23-28-41(24-14-9-3)32-34(6)10-4/h5,7,13,20-21,34,36-37H,1,8-10,12,14-19,22-33,39H2,2-4,6H3/b20-13+,35-21+. The van der Waals surface area contributed by atoms with Gasteiger partial charge in [-0.05, 0) is 121 Å². The highest BCUT2D eigenvalue weighted by Gasteiger charge is 2.22. The molecule has 0 aromatic carbocycles. The van der Waals surface area contributed by atoms with Gasteiger partial charge in [0.2, 0.25) is 5.78 Å². The molecule has 0 saturated carbocycles. The molecule has 1 fully saturated rings. The van der Waals surface area contributed by atoms with Crippen molar-refractivity contribution >= 4 is 5.78 Å². The molecule has 1 heterocycles. The number of ketones is 1. The summed E-state index contributed by atoms with van der Waals surface area (Å²) in [4.78, 5) is 20.5. The topological polar surface area (TPSA) is 52.8 Å². The van der Waals surface area contributed by atoms with Gasteiger partial charge in [0.05, 0.1) is 0 Å². The van der Waals surface area contributed by atoms with Gasteiger partial charge in [0.15, 0.2) is 0 Å². The average Bonchev–Trinajstić information content (AvgIpc) is 3.00. The van der Waals surface area contributed by atoms with Crippen molar-refractivity contribution in [3.63, 3.8) is 0 Å². The Kier molecular flexibility index (Phi) is 23.4. The number of nitrogens with zero attached hydrogens (tertiary/aromatic N) is 3. The third kappa shape index (κ3) is 19.3. The predicted molar refractivity (Wildman–Crippen MR) is 188 cm³/mol. The molecule has 5 nitrogen and oxygen atoms in total. The van der Waals surface area contributed by atoms with Crippen LogP contribution in [-0.4, -0.2) is 85.4 Å². The van der Waals surface area contributed by atoms with E-state index < -0.39 is 0 Å². The molecule has 0 aromatic rings. The summed E-state index contributed by atoms with van der Waals surface area (Å²) in [5.74, 6) is 2.89. The van der Waals surface area contributed by atoms with Gasteiger partial charge in [0, 0.05) is 38.1 Å². The monoisotopic (exact) mass is 597 g/mol. The maximum atomic E-state index is 12.7. The number of carbonyl (C=O) groups excluding carboxylic acids is 1. The van der Waals surface area contributed by atoms with Gasteiger partial charge in [-0.1, -0.05) is 64.8 Å². The van der Waals surface area contributed by atoms with Crippen molar-refractivity contribution in [1.82, 2.24) is 14.7 Å². The van der Waals surface area contributed by atoms with Gasteiger partial charge in [-0.25, -0.2) is 0 Å². The van der Waals surface area contributed by atoms with Crippen LogP contribution in [0.5, 0.6) is 0 Å². The third-order valence-corrected chi connectivity index (χ3v) is 8.96. The summed E-state index contributed by atoms with van der Waals surface area (Å²) in [6.07, 6.45) is 28.7. The van der Waals surface area contributed by atoms with E-state index in [0.29, 0.717) is 12.3 Å². The molecule has 1 aliphatic heterocycles. The minimum Gasteiger partial charge on any atom is -0.328 e. The van der Waals surface area contributed by atoms with E-state index in [1.165, 1.54) is 57.2 Å². The molecule has 3 unspecified atom stereocenters. The van der Waals surface area contributed by atoms with E-state index in [9.17, 15) is 4.79 Å². The van der Waals surface area contributed by atoms with Crippen molar-refractivity contribution in [2.45, 2.75) is 117 Å². The van der Waals surface area contributed by atoms with Gasteiger partial charge in [-0.15, -0.1) is 13.0 Å². The Labute approximate surface area is 267 Å². The molecule has 43 heavy (non-hydrogen) atoms. The lowest BCUT2D eigenvalue weighted by atomic mass is 9.90. The van der Waals surface area contributed by atoms with Crippen LogP contribution >= 0.6 is 0 Å². The number of allylic oxidation sites excluding steroid dienone is 3. The van der Waals surface area contributed by atoms with Crippen molar-refractivity contribution in [2.75, 3.05) is 58.9 Å². The maximum Gasteiger partial charge on any atom is 0.208 e. The van der Waals surface area contributed by atoms with Crippen molar-refractivity contribution < 1.29 is 4.79 Å². The molecule has 0 aliphatic carbocycles. The van der Waals surface area contributed by atoms with E-state index in [0.717, 1.165) is 84.3 Å². The van der Waals surface area contributed by atoms with Gasteiger partial charge in [-0.3, -0.25) is 9.69 Å². The molecule has 0 bridgehead atoms. The third-order valence-electron chi connectivity index (χ3n) is 8.96. The molecule has 0 amide bonds. The van der Waals surface area contributed by atoms with Crippen molar-refractivity contribution in [1.29, 1.82) is 0 Å². The summed E-state index contributed by atoms with van der Waals surface area (Å²) in [6.45, 7) is 22.7. The Bertz CT molecular complexity index is 828. The molecule has 1 aliphatic rings. The van der Waals surface area contributed by atoms with Crippen molar-refractivity contribution in [3.05, 3.63) is 36.5 Å². The minimum atomic E-state index is -0.128. The Morgan fingerprint density at radius 1 is 1.02 bits per heavy atom. The second-order valence-electron chi connectivity index (χ2n) is 12.9. The second kappa shape index (κ2) is 25.6. The van der Waals surface area contributed by atoms with Crippen LogP contribution in [0.15, 0.2) is 36.5 Å². The molecule has 246 valence electrons. The number of unbranched alkanes of at least 4 members (excludes halogenated alkanes) is 3. The predicted octanol–water partition coefficient (Wildman–Crippen LogP) is 7.49. The first-order valence-corrected chi connectivity index (χ1v) is 17.8. The fourth-order valence-electron chi connectivity index (χ4n) is 5.94. The quantitative estimate of drug-likeness (QED) is 0.0411. The fourth-order valence-corrected chi connectivity index (χ4v) is 5.94. The van der Waals surface area contributed by atoms with Gasteiger partial charge in [-0.2, -0.15) is 0 Å². The van der Waals surface area contributed by atoms with Gasteiger partial charge in [0.25, 0.3) is 0 Å². The van der Waals surface area contributed by atoms with Gasteiger partial charge >= 0.3 is 0 Å². The van der Waals surface area contributed by atoms with Crippen LogP contribution in [0.25, 0.3) is 0 Å². The smallest absolute Gasteiger partial charge is 0.208 e. The normalized spacial score (nSPS) is 17.8. The largest absolute Gasteiger partial charge is 0.328 e. The Balaban J connectivity index is 2.57. The summed E-state index contributed by atoms with van der Waals surface area (Å²) in [6, 6.07) is 0.0198. The number of hydrogen-bond acceptors (Lipinski definition) is 5. The summed E-state index contributed by atoms with van der Waals surface area (Å²) in [5, 5.41) is 0. The molecular formula is C38H68N4O. The Hall–Kier alpha value is -1.71. The van der Waals surface area contributed by atoms with Crippen LogP contribution in [-0.2, 0) is 4.79 Å². The van der Waals surface area contributed by atoms with Crippen LogP contribution in [0.2, 0.25) is 0 Å². The lowest BCUT2D eigenvalue weighted by Gasteiger charge is -2.31. The second-order valence-corrected chi connectivity index (χ2v) is 12.9. The molecule has 0 spiro atoms. The lowest BCUT2D eigenvalue weighted by Crippen LogP contribution is -2.40. The Morgan fingerprint density at radius 3 is 2.44 bits per heavy atom. The zero-order valence-corrected chi connectivity index (χ0v) is 28.7. The molecular weight excluding hydrogens is 528 g/mol. The van der Waals surface area contributed by atoms with E-state index in [1.807, 2.05) is 6.08 Å². The molecule has 1 saturated heterocycles. The SMILES string of the molecule is C#CC(=O)C(CCN(CCCC)CC(C)CC)CC(N)CCCN1CCCCN(CC(/C=C/CC)=C/CCCC=C)CC1. The summed E-state index contributed by atoms with van der Waals surface area (Å²) in [5.41, 5.74) is 8.08. The molecule has 0 radical (unpaired) electrons. The number of carbonyl (C=O) groups is 1. The highest BCUT2D eigenvalue weighted by atomic mass is 16.1. The number of hydrogen-bond donors (Lipinski definition) is 1. The summed E-state index contributed by atoms with van der Waals surface area (Å²) in [7, 11) is 0. The number of terminal acetylenes is 1. The zero-order chi connectivity index (χ0) is 31.7. The molecule has 1 rings (SSSR count). The average molecular weight is 597 g/mol. The van der Waals surface area contributed by atoms with Crippen LogP contribution < -0.4 is 5.73 Å². The molecule has 3 atom stereocenters. The number of nitrogens with two attached hydrogens (primary N) is 1. The van der Waals surface area contributed by atoms with Gasteiger partial charge < -0.3 is 15.5 Å². The summed E-state index contributed by atoms with van der Waals surface area (Å²) >= 11 is 0. The zero-order valence-electron chi connectivity index (χ0n) is 28.7. The molecule has 0 aromatic heterocycles. The van der Waals surface area contributed by atoms with Gasteiger partial charge in [0.1, 0.15) is 0 Å². The van der Waals surface area contributed by atoms with Crippen LogP contribution in [0.3, 0.4) is 0 Å². The van der Waals surface area contributed by atoms with Crippen LogP contribution in [0.1, 0.15) is 111 Å². The van der Waals surface area contributed by atoms with Crippen LogP contribution in [0, 0.1) is 24.2 Å². The molecule has 2 N–H and O–H groups in total. The highest BCUT2D eigenvalue weighted by Crippen LogP contribution is 2.18. The molecule has 5 heteroatoms. The van der Waals surface area contributed by atoms with E-state index >= 15 is 0 Å². The lowest BCUT2D eigenvalue weighted by molar-refractivity contribution is -0.118. The van der Waals surface area contributed by atoms with E-state index in [4.69, 9.17) is 12.2 Å². The first-order valence-electron chi connectivity index (χ1n) is 17.8. The van der Waals surface area contributed by atoms with Crippen molar-refractivity contribution in [2.24, 2.45) is 17.6 Å². The number of rotatable bonds is 24. The maximum absolute atomic E-state index is 12.7. The minimum absolute atomic E-state index is 0.0198. The Morgan fingerprint density at radius 2 is 1.77 bits per heavy atom. The van der Waals surface area contributed by atoms with E-state index in [-0.39, 0.29) is 17.7 Å². The summed E-state index contributed by atoms with van der Waals surface area (Å²) < 4.78 is 0. The fraction of sp³-hybridized carbons (Fsp3) is 0.763. The van der Waals surface area contributed by atoms with Crippen LogP contribution in [0.4, 0.5) is 0 Å². The first-order chi connectivity index (χ1) is 20.9. The first kappa shape index (κ1) is 39.3.